The molecule has 1 rings (SSSR count). The highest BCUT2D eigenvalue weighted by molar-refractivity contribution is 5.93. The summed E-state index contributed by atoms with van der Waals surface area (Å²) >= 11 is 0. The van der Waals surface area contributed by atoms with E-state index in [0.717, 1.165) is 0 Å². The van der Waals surface area contributed by atoms with E-state index in [2.05, 4.69) is 0 Å². The van der Waals surface area contributed by atoms with Crippen LogP contribution in [0, 0.1) is 0 Å². The van der Waals surface area contributed by atoms with E-state index < -0.39 is 5.97 Å². The first-order valence-corrected chi connectivity index (χ1v) is 5.17. The number of hydrogen-bond acceptors (Lipinski definition) is 4. The molecule has 0 N–H and O–H groups in total. The Bertz CT molecular complexity index is 345. The van der Waals surface area contributed by atoms with Crippen LogP contribution in [0.4, 0.5) is 0 Å². The third-order valence-electron chi connectivity index (χ3n) is 2.03. The van der Waals surface area contributed by atoms with E-state index in [1.807, 2.05) is 0 Å². The highest BCUT2D eigenvalue weighted by Crippen LogP contribution is 2.05. The van der Waals surface area contributed by atoms with Gasteiger partial charge in [-0.1, -0.05) is 0 Å². The number of likely N-dealkylation sites (N-methyl/N-ethyl adjacent to an activating group) is 1. The molecule has 5 nitrogen and oxygen atoms in total. The lowest BCUT2D eigenvalue weighted by molar-refractivity contribution is -0.143. The van der Waals surface area contributed by atoms with Gasteiger partial charge in [0, 0.05) is 6.54 Å². The molecule has 88 valence electrons. The van der Waals surface area contributed by atoms with Crippen LogP contribution in [0.3, 0.4) is 0 Å². The normalized spacial score (nSPS) is 9.88. The van der Waals surface area contributed by atoms with Crippen molar-refractivity contribution >= 4 is 11.9 Å². The van der Waals surface area contributed by atoms with Crippen molar-refractivity contribution in [3.05, 3.63) is 24.2 Å². The molecule has 0 fully saturated rings. The number of ether oxygens (including phenoxy) is 1. The van der Waals surface area contributed by atoms with Gasteiger partial charge in [0.1, 0.15) is 6.54 Å². The van der Waals surface area contributed by atoms with E-state index >= 15 is 0 Å². The van der Waals surface area contributed by atoms with Gasteiger partial charge in [0.25, 0.3) is 5.91 Å². The molecule has 0 bridgehead atoms. The summed E-state index contributed by atoms with van der Waals surface area (Å²) in [5, 5.41) is 0. The molecule has 0 saturated carbocycles. The summed E-state index contributed by atoms with van der Waals surface area (Å²) < 4.78 is 9.75. The van der Waals surface area contributed by atoms with Crippen molar-refractivity contribution in [2.24, 2.45) is 0 Å². The molecular formula is C11H15NO4. The lowest BCUT2D eigenvalue weighted by Crippen LogP contribution is -2.36. The van der Waals surface area contributed by atoms with Crippen molar-refractivity contribution < 1.29 is 18.7 Å². The number of amides is 1. The molecule has 5 heteroatoms. The zero-order valence-corrected chi connectivity index (χ0v) is 9.43. The maximum absolute atomic E-state index is 11.8. The number of esters is 1. The van der Waals surface area contributed by atoms with Crippen LogP contribution >= 0.6 is 0 Å². The largest absolute Gasteiger partial charge is 0.465 e. The van der Waals surface area contributed by atoms with Gasteiger partial charge >= 0.3 is 5.97 Å². The van der Waals surface area contributed by atoms with Crippen LogP contribution in [-0.4, -0.2) is 36.5 Å². The fourth-order valence-electron chi connectivity index (χ4n) is 1.25. The Kier molecular flexibility index (Phi) is 4.57. The quantitative estimate of drug-likeness (QED) is 0.709. The molecule has 0 saturated heterocycles. The summed E-state index contributed by atoms with van der Waals surface area (Å²) in [5.74, 6) is -0.490. The van der Waals surface area contributed by atoms with E-state index in [1.165, 1.54) is 11.2 Å². The highest BCUT2D eigenvalue weighted by atomic mass is 16.5. The number of rotatable bonds is 5. The van der Waals surface area contributed by atoms with Crippen LogP contribution in [0.1, 0.15) is 24.4 Å². The first-order valence-electron chi connectivity index (χ1n) is 5.17. The molecule has 1 heterocycles. The van der Waals surface area contributed by atoms with Crippen LogP contribution in [0.5, 0.6) is 0 Å². The van der Waals surface area contributed by atoms with Gasteiger partial charge in [0.15, 0.2) is 5.76 Å². The summed E-state index contributed by atoms with van der Waals surface area (Å²) in [6, 6.07) is 3.20. The van der Waals surface area contributed by atoms with Crippen molar-refractivity contribution in [1.82, 2.24) is 4.90 Å². The monoisotopic (exact) mass is 225 g/mol. The minimum absolute atomic E-state index is 0.0517. The van der Waals surface area contributed by atoms with Gasteiger partial charge in [-0.3, -0.25) is 9.59 Å². The lowest BCUT2D eigenvalue weighted by atomic mass is 10.3. The van der Waals surface area contributed by atoms with Gasteiger partial charge in [-0.05, 0) is 26.0 Å². The first-order chi connectivity index (χ1) is 7.69. The minimum Gasteiger partial charge on any atom is -0.465 e. The zero-order chi connectivity index (χ0) is 12.0. The number of furan rings is 1. The number of carbonyl (C=O) groups excluding carboxylic acids is 2. The average molecular weight is 225 g/mol. The molecule has 1 aromatic rings. The van der Waals surface area contributed by atoms with Gasteiger partial charge in [0.05, 0.1) is 12.9 Å². The molecule has 0 aliphatic rings. The number of hydrogen-bond donors (Lipinski definition) is 0. The summed E-state index contributed by atoms with van der Waals surface area (Å²) in [4.78, 5) is 24.4. The Balaban J connectivity index is 2.61. The van der Waals surface area contributed by atoms with Crippen LogP contribution in [-0.2, 0) is 9.53 Å². The van der Waals surface area contributed by atoms with Crippen molar-refractivity contribution in [3.8, 4) is 0 Å². The Morgan fingerprint density at radius 1 is 1.44 bits per heavy atom. The molecule has 1 aromatic heterocycles. The number of nitrogens with zero attached hydrogens (tertiary/aromatic N) is 1. The standard InChI is InChI=1S/C11H15NO4/c1-3-12(8-10(13)15-4-2)11(14)9-6-5-7-16-9/h5-7H,3-4,8H2,1-2H3. The van der Waals surface area contributed by atoms with Gasteiger partial charge < -0.3 is 14.1 Å². The first kappa shape index (κ1) is 12.3. The fourth-order valence-corrected chi connectivity index (χ4v) is 1.25. The van der Waals surface area contributed by atoms with Crippen LogP contribution in [0.25, 0.3) is 0 Å². The van der Waals surface area contributed by atoms with Gasteiger partial charge in [-0.25, -0.2) is 0 Å². The maximum Gasteiger partial charge on any atom is 0.325 e. The molecule has 0 atom stereocenters. The summed E-state index contributed by atoms with van der Waals surface area (Å²) in [5.41, 5.74) is 0. The number of carbonyl (C=O) groups is 2. The third kappa shape index (κ3) is 3.12. The second-order valence-corrected chi connectivity index (χ2v) is 3.10. The van der Waals surface area contributed by atoms with Crippen LogP contribution in [0.2, 0.25) is 0 Å². The van der Waals surface area contributed by atoms with Crippen molar-refractivity contribution in [3.63, 3.8) is 0 Å². The average Bonchev–Trinajstić information content (AvgIpc) is 2.78. The molecule has 1 amide bonds. The zero-order valence-electron chi connectivity index (χ0n) is 9.43. The second kappa shape index (κ2) is 5.95. The summed E-state index contributed by atoms with van der Waals surface area (Å²) in [6.45, 7) is 4.20. The summed E-state index contributed by atoms with van der Waals surface area (Å²) in [7, 11) is 0. The van der Waals surface area contributed by atoms with Gasteiger partial charge in [-0.2, -0.15) is 0 Å². The molecule has 0 aliphatic heterocycles. The smallest absolute Gasteiger partial charge is 0.325 e. The van der Waals surface area contributed by atoms with E-state index in [9.17, 15) is 9.59 Å². The highest BCUT2D eigenvalue weighted by Gasteiger charge is 2.19. The Morgan fingerprint density at radius 3 is 2.69 bits per heavy atom. The molecule has 0 aromatic carbocycles. The fraction of sp³-hybridized carbons (Fsp3) is 0.455. The summed E-state index contributed by atoms with van der Waals surface area (Å²) in [6.07, 6.45) is 1.42. The Morgan fingerprint density at radius 2 is 2.19 bits per heavy atom. The van der Waals surface area contributed by atoms with Crippen molar-refractivity contribution in [1.29, 1.82) is 0 Å². The SMILES string of the molecule is CCOC(=O)CN(CC)C(=O)c1ccco1. The van der Waals surface area contributed by atoms with E-state index in [-0.39, 0.29) is 18.2 Å². The van der Waals surface area contributed by atoms with Crippen molar-refractivity contribution in [2.75, 3.05) is 19.7 Å². The predicted molar refractivity (Wildman–Crippen MR) is 56.9 cm³/mol. The Labute approximate surface area is 94.0 Å². The molecule has 0 aliphatic carbocycles. The van der Waals surface area contributed by atoms with Crippen LogP contribution in [0.15, 0.2) is 22.8 Å². The van der Waals surface area contributed by atoms with Crippen molar-refractivity contribution in [2.45, 2.75) is 13.8 Å². The topological polar surface area (TPSA) is 59.8 Å². The van der Waals surface area contributed by atoms with E-state index in [1.54, 1.807) is 26.0 Å². The lowest BCUT2D eigenvalue weighted by Gasteiger charge is -2.18. The maximum atomic E-state index is 11.8. The minimum atomic E-state index is -0.413. The molecule has 0 radical (unpaired) electrons. The van der Waals surface area contributed by atoms with E-state index in [4.69, 9.17) is 9.15 Å². The molecule has 0 unspecified atom stereocenters. The van der Waals surface area contributed by atoms with E-state index in [0.29, 0.717) is 13.2 Å². The molecular weight excluding hydrogens is 210 g/mol. The third-order valence-corrected chi connectivity index (χ3v) is 2.03. The predicted octanol–water partition coefficient (Wildman–Crippen LogP) is 1.30. The second-order valence-electron chi connectivity index (χ2n) is 3.10. The van der Waals surface area contributed by atoms with Crippen LogP contribution < -0.4 is 0 Å². The molecule has 0 spiro atoms. The van der Waals surface area contributed by atoms with Gasteiger partial charge in [-0.15, -0.1) is 0 Å². The Hall–Kier alpha value is -1.78. The van der Waals surface area contributed by atoms with Gasteiger partial charge in [0.2, 0.25) is 0 Å². The molecule has 16 heavy (non-hydrogen) atoms.